The van der Waals surface area contributed by atoms with Crippen molar-refractivity contribution in [2.75, 3.05) is 0 Å². The zero-order valence-corrected chi connectivity index (χ0v) is 13.2. The normalized spacial score (nSPS) is 10.2. The third kappa shape index (κ3) is 5.47. The molecular formula is C18H20N2O3. The molecule has 0 aliphatic rings. The van der Waals surface area contributed by atoms with Crippen molar-refractivity contribution in [1.82, 2.24) is 10.9 Å². The van der Waals surface area contributed by atoms with Gasteiger partial charge in [-0.3, -0.25) is 20.4 Å². The number of hydrogen-bond donors (Lipinski definition) is 2. The predicted octanol–water partition coefficient (Wildman–Crippen LogP) is 3.29. The molecule has 0 saturated carbocycles. The maximum Gasteiger partial charge on any atom is 0.269 e. The average Bonchev–Trinajstić information content (AvgIpc) is 2.54. The van der Waals surface area contributed by atoms with Gasteiger partial charge in [-0.15, -0.1) is 0 Å². The van der Waals surface area contributed by atoms with Crippen molar-refractivity contribution in [3.63, 3.8) is 0 Å². The number of carbonyl (C=O) groups excluding carboxylic acids is 2. The van der Waals surface area contributed by atoms with Gasteiger partial charge < -0.3 is 4.74 Å². The van der Waals surface area contributed by atoms with Crippen LogP contribution in [0.15, 0.2) is 54.6 Å². The third-order valence-corrected chi connectivity index (χ3v) is 3.00. The van der Waals surface area contributed by atoms with Crippen LogP contribution in [0.4, 0.5) is 0 Å². The number of nitrogens with one attached hydrogen (secondary N) is 2. The van der Waals surface area contributed by atoms with E-state index >= 15 is 0 Å². The standard InChI is InChI=1S/C18H20N2O3/c1-13(2)12-17(21)19-20-18(22)14-8-10-16(11-9-14)23-15-6-4-3-5-7-15/h3-11,13H,12H2,1-2H3,(H,19,21)(H,20,22). The van der Waals surface area contributed by atoms with Gasteiger partial charge in [-0.1, -0.05) is 32.0 Å². The molecule has 0 atom stereocenters. The highest BCUT2D eigenvalue weighted by Crippen LogP contribution is 2.20. The van der Waals surface area contributed by atoms with E-state index in [1.807, 2.05) is 44.2 Å². The largest absolute Gasteiger partial charge is 0.457 e. The number of ether oxygens (including phenoxy) is 1. The van der Waals surface area contributed by atoms with Gasteiger partial charge in [-0.2, -0.15) is 0 Å². The zero-order valence-electron chi connectivity index (χ0n) is 13.2. The van der Waals surface area contributed by atoms with E-state index in [1.165, 1.54) is 0 Å². The lowest BCUT2D eigenvalue weighted by Gasteiger charge is -2.09. The molecule has 2 amide bonds. The van der Waals surface area contributed by atoms with E-state index in [2.05, 4.69) is 10.9 Å². The summed E-state index contributed by atoms with van der Waals surface area (Å²) in [5.41, 5.74) is 5.23. The topological polar surface area (TPSA) is 67.4 Å². The van der Waals surface area contributed by atoms with Crippen molar-refractivity contribution in [2.45, 2.75) is 20.3 Å². The molecule has 0 radical (unpaired) electrons. The minimum atomic E-state index is -0.367. The number of carbonyl (C=O) groups is 2. The molecule has 0 fully saturated rings. The van der Waals surface area contributed by atoms with Crippen LogP contribution in [0.3, 0.4) is 0 Å². The molecule has 0 spiro atoms. The number of benzene rings is 2. The lowest BCUT2D eigenvalue weighted by atomic mass is 10.1. The molecule has 23 heavy (non-hydrogen) atoms. The Bertz CT molecular complexity index is 652. The van der Waals surface area contributed by atoms with Crippen molar-refractivity contribution in [3.05, 3.63) is 60.2 Å². The first-order valence-corrected chi connectivity index (χ1v) is 7.47. The van der Waals surface area contributed by atoms with E-state index in [0.29, 0.717) is 17.7 Å². The summed E-state index contributed by atoms with van der Waals surface area (Å²) in [6.07, 6.45) is 0.365. The first-order valence-electron chi connectivity index (χ1n) is 7.47. The number of amides is 2. The lowest BCUT2D eigenvalue weighted by Crippen LogP contribution is -2.41. The molecule has 0 saturated heterocycles. The second-order valence-electron chi connectivity index (χ2n) is 5.54. The fourth-order valence-electron chi connectivity index (χ4n) is 1.92. The molecule has 0 heterocycles. The van der Waals surface area contributed by atoms with Gasteiger partial charge >= 0.3 is 0 Å². The smallest absolute Gasteiger partial charge is 0.269 e. The maximum absolute atomic E-state index is 11.9. The monoisotopic (exact) mass is 312 g/mol. The fourth-order valence-corrected chi connectivity index (χ4v) is 1.92. The second-order valence-corrected chi connectivity index (χ2v) is 5.54. The molecule has 2 aromatic rings. The van der Waals surface area contributed by atoms with E-state index < -0.39 is 0 Å². The van der Waals surface area contributed by atoms with E-state index in [4.69, 9.17) is 4.74 Å². The van der Waals surface area contributed by atoms with Crippen LogP contribution in [0, 0.1) is 5.92 Å². The van der Waals surface area contributed by atoms with Gasteiger partial charge in [0.15, 0.2) is 0 Å². The molecule has 0 aliphatic heterocycles. The molecule has 0 bridgehead atoms. The van der Waals surface area contributed by atoms with Gasteiger partial charge in [0.2, 0.25) is 5.91 Å². The molecule has 5 heteroatoms. The van der Waals surface area contributed by atoms with Gasteiger partial charge in [-0.25, -0.2) is 0 Å². The Morgan fingerprint density at radius 3 is 2.13 bits per heavy atom. The highest BCUT2D eigenvalue weighted by atomic mass is 16.5. The second kappa shape index (κ2) is 7.98. The van der Waals surface area contributed by atoms with E-state index in [0.717, 1.165) is 5.75 Å². The fraction of sp³-hybridized carbons (Fsp3) is 0.222. The summed E-state index contributed by atoms with van der Waals surface area (Å²) in [4.78, 5) is 23.4. The third-order valence-electron chi connectivity index (χ3n) is 3.00. The number of para-hydroxylation sites is 1. The molecule has 2 rings (SSSR count). The summed E-state index contributed by atoms with van der Waals surface area (Å²) in [6, 6.07) is 16.1. The van der Waals surface area contributed by atoms with Gasteiger partial charge in [0.1, 0.15) is 11.5 Å². The van der Waals surface area contributed by atoms with Crippen molar-refractivity contribution >= 4 is 11.8 Å². The SMILES string of the molecule is CC(C)CC(=O)NNC(=O)c1ccc(Oc2ccccc2)cc1. The summed E-state index contributed by atoms with van der Waals surface area (Å²) >= 11 is 0. The predicted molar refractivity (Wildman–Crippen MR) is 88.0 cm³/mol. The highest BCUT2D eigenvalue weighted by Gasteiger charge is 2.09. The van der Waals surface area contributed by atoms with Crippen LogP contribution < -0.4 is 15.6 Å². The Balaban J connectivity index is 1.89. The Morgan fingerprint density at radius 2 is 1.52 bits per heavy atom. The Labute approximate surface area is 135 Å². The average molecular weight is 312 g/mol. The first-order chi connectivity index (χ1) is 11.0. The van der Waals surface area contributed by atoms with Gasteiger partial charge in [0.05, 0.1) is 0 Å². The maximum atomic E-state index is 11.9. The molecule has 2 N–H and O–H groups in total. The molecule has 120 valence electrons. The molecule has 2 aromatic carbocycles. The highest BCUT2D eigenvalue weighted by molar-refractivity contribution is 5.95. The van der Waals surface area contributed by atoms with Gasteiger partial charge in [0, 0.05) is 12.0 Å². The van der Waals surface area contributed by atoms with Crippen LogP contribution in [0.2, 0.25) is 0 Å². The first kappa shape index (κ1) is 16.5. The van der Waals surface area contributed by atoms with Crippen LogP contribution in [0.5, 0.6) is 11.5 Å². The summed E-state index contributed by atoms with van der Waals surface area (Å²) in [6.45, 7) is 3.87. The van der Waals surface area contributed by atoms with Crippen molar-refractivity contribution in [2.24, 2.45) is 5.92 Å². The molecule has 0 aromatic heterocycles. The van der Waals surface area contributed by atoms with E-state index in [1.54, 1.807) is 24.3 Å². The molecule has 5 nitrogen and oxygen atoms in total. The summed E-state index contributed by atoms with van der Waals surface area (Å²) in [5, 5.41) is 0. The van der Waals surface area contributed by atoms with Crippen LogP contribution >= 0.6 is 0 Å². The molecule has 0 unspecified atom stereocenters. The van der Waals surface area contributed by atoms with Crippen molar-refractivity contribution in [1.29, 1.82) is 0 Å². The zero-order chi connectivity index (χ0) is 16.7. The summed E-state index contributed by atoms with van der Waals surface area (Å²) in [5.74, 6) is 1.02. The number of hydrazine groups is 1. The van der Waals surface area contributed by atoms with Crippen LogP contribution in [-0.4, -0.2) is 11.8 Å². The Morgan fingerprint density at radius 1 is 0.913 bits per heavy atom. The van der Waals surface area contributed by atoms with Crippen molar-refractivity contribution in [3.8, 4) is 11.5 Å². The van der Waals surface area contributed by atoms with Crippen molar-refractivity contribution < 1.29 is 14.3 Å². The number of rotatable bonds is 5. The van der Waals surface area contributed by atoms with Gasteiger partial charge in [0.25, 0.3) is 5.91 Å². The minimum Gasteiger partial charge on any atom is -0.457 e. The van der Waals surface area contributed by atoms with E-state index in [9.17, 15) is 9.59 Å². The minimum absolute atomic E-state index is 0.211. The Hall–Kier alpha value is -2.82. The van der Waals surface area contributed by atoms with Crippen LogP contribution in [0.25, 0.3) is 0 Å². The summed E-state index contributed by atoms with van der Waals surface area (Å²) in [7, 11) is 0. The molecular weight excluding hydrogens is 292 g/mol. The number of hydrogen-bond acceptors (Lipinski definition) is 3. The summed E-state index contributed by atoms with van der Waals surface area (Å²) < 4.78 is 5.65. The van der Waals surface area contributed by atoms with Crippen LogP contribution in [0.1, 0.15) is 30.6 Å². The molecule has 0 aliphatic carbocycles. The lowest BCUT2D eigenvalue weighted by molar-refractivity contribution is -0.122. The van der Waals surface area contributed by atoms with Gasteiger partial charge in [-0.05, 0) is 42.3 Å². The van der Waals surface area contributed by atoms with Crippen LogP contribution in [-0.2, 0) is 4.79 Å². The Kier molecular flexibility index (Phi) is 5.74. The quantitative estimate of drug-likeness (QED) is 0.833. The van der Waals surface area contributed by atoms with E-state index in [-0.39, 0.29) is 17.7 Å².